The van der Waals surface area contributed by atoms with Crippen molar-refractivity contribution in [2.24, 2.45) is 235 Å². The van der Waals surface area contributed by atoms with Gasteiger partial charge >= 0.3 is 151 Å². The summed E-state index contributed by atoms with van der Waals surface area (Å²) in [6.45, 7) is 50.4. The van der Waals surface area contributed by atoms with Gasteiger partial charge in [0.25, 0.3) is 0 Å². The molecule has 150 heavy (non-hydrogen) atoms. The number of allylic oxidation sites excluding steroid dienone is 50. The molecule has 0 aromatic rings. The Bertz CT molecular complexity index is 4960. The molecule has 20 aliphatic rings. The Morgan fingerprint density at radius 1 is 0.233 bits per heavy atom. The average molecular weight is 2510 g/mol. The predicted octanol–water partition coefficient (Wildman–Crippen LogP) is 44.3. The molecular formula is C138H200Cl8Zr4. The Hall–Kier alpha value is -0.908. The van der Waals surface area contributed by atoms with Crippen LogP contribution >= 0.6 is 68.1 Å². The Kier molecular flexibility index (Phi) is 61.0. The van der Waals surface area contributed by atoms with Gasteiger partial charge in [0.15, 0.2) is 0 Å². The van der Waals surface area contributed by atoms with E-state index in [2.05, 4.69) is 393 Å². The van der Waals surface area contributed by atoms with Crippen LogP contribution in [0.2, 0.25) is 0 Å². The van der Waals surface area contributed by atoms with Crippen LogP contribution in [0.3, 0.4) is 0 Å². The van der Waals surface area contributed by atoms with E-state index < -0.39 is 83.4 Å². The second-order valence-electron chi connectivity index (χ2n) is 50.5. The van der Waals surface area contributed by atoms with Crippen LogP contribution in [0.4, 0.5) is 0 Å². The summed E-state index contributed by atoms with van der Waals surface area (Å²) in [5.41, 5.74) is 13.0. The number of halogens is 8. The number of unbranched alkanes of at least 4 members (excludes halogenated alkanes) is 1. The zero-order valence-corrected chi connectivity index (χ0v) is 113. The molecule has 12 heteroatoms. The Morgan fingerprint density at radius 2 is 0.427 bits per heavy atom. The molecule has 0 aromatic carbocycles. The summed E-state index contributed by atoms with van der Waals surface area (Å²) in [5.74, 6) is 27.4. The summed E-state index contributed by atoms with van der Waals surface area (Å²) in [6, 6.07) is 0. The van der Waals surface area contributed by atoms with Crippen molar-refractivity contribution < 1.29 is 83.4 Å². The zero-order chi connectivity index (χ0) is 102. The molecule has 36 atom stereocenters. The minimum absolute atomic E-state index is 0. The Morgan fingerprint density at radius 3 is 0.633 bits per heavy atom. The topological polar surface area (TPSA) is 0 Å². The molecule has 0 aliphatic heterocycles. The number of fused-ring (bicyclic) bond motifs is 16. The van der Waals surface area contributed by atoms with Crippen molar-refractivity contribution in [3.8, 4) is 0 Å². The fraction of sp³-hybridized carbons (Fsp3) is 0.565. The molecule has 8 saturated carbocycles. The van der Waals surface area contributed by atoms with Gasteiger partial charge in [0.1, 0.15) is 0 Å². The second kappa shape index (κ2) is 65.5. The first kappa shape index (κ1) is 140. The van der Waals surface area contributed by atoms with Gasteiger partial charge in [-0.25, -0.2) is 0 Å². The van der Waals surface area contributed by atoms with E-state index in [0.717, 1.165) is 137 Å². The second-order valence-corrected chi connectivity index (χ2v) is 65.5. The van der Waals surface area contributed by atoms with Crippen molar-refractivity contribution in [3.63, 3.8) is 0 Å². The molecule has 0 aromatic heterocycles. The van der Waals surface area contributed by atoms with E-state index in [1.54, 1.807) is 22.3 Å². The average Bonchev–Trinajstić information content (AvgIpc) is 1.60. The third-order valence-electron chi connectivity index (χ3n) is 38.3. The van der Waals surface area contributed by atoms with Gasteiger partial charge in [-0.3, -0.25) is 0 Å². The van der Waals surface area contributed by atoms with Crippen molar-refractivity contribution in [1.82, 2.24) is 0 Å². The molecule has 8 fully saturated rings. The minimum atomic E-state index is -0.826. The molecule has 36 unspecified atom stereocenters. The molecular weight excluding hydrogens is 2310 g/mol. The van der Waals surface area contributed by atoms with Gasteiger partial charge in [-0.1, -0.05) is 400 Å². The molecule has 0 saturated heterocycles. The first-order chi connectivity index (χ1) is 68.1. The van der Waals surface area contributed by atoms with E-state index in [9.17, 15) is 0 Å². The molecule has 0 bridgehead atoms. The number of hydrogen-bond acceptors (Lipinski definition) is 0. The summed E-state index contributed by atoms with van der Waals surface area (Å²) < 4.78 is 0. The number of hydrogen-bond donors (Lipinski definition) is 0. The van der Waals surface area contributed by atoms with Crippen LogP contribution in [0, 0.1) is 294 Å². The molecule has 0 heterocycles. The van der Waals surface area contributed by atoms with Gasteiger partial charge in [0.2, 0.25) is 0 Å². The third-order valence-corrected chi connectivity index (χ3v) is 38.3. The molecule has 0 N–H and O–H groups in total. The van der Waals surface area contributed by atoms with E-state index in [1.165, 1.54) is 144 Å². The third kappa shape index (κ3) is 34.6. The van der Waals surface area contributed by atoms with Crippen molar-refractivity contribution >= 4 is 68.1 Å². The van der Waals surface area contributed by atoms with Crippen LogP contribution in [0.5, 0.6) is 0 Å². The molecule has 20 aliphatic carbocycles. The first-order valence-electron chi connectivity index (χ1n) is 55.7. The van der Waals surface area contributed by atoms with Crippen LogP contribution in [0.25, 0.3) is 0 Å². The number of rotatable bonds is 22. The summed E-state index contributed by atoms with van der Waals surface area (Å²) in [4.78, 5) is 0. The van der Waals surface area contributed by atoms with Crippen molar-refractivity contribution in [2.75, 3.05) is 0 Å². The fourth-order valence-corrected chi connectivity index (χ4v) is 31.8. The van der Waals surface area contributed by atoms with Gasteiger partial charge in [-0.05, 0) is 387 Å². The van der Waals surface area contributed by atoms with Crippen LogP contribution in [-0.4, -0.2) is 0 Å². The Labute approximate surface area is 999 Å². The van der Waals surface area contributed by atoms with Gasteiger partial charge in [0.05, 0.1) is 0 Å². The van der Waals surface area contributed by atoms with Crippen LogP contribution in [0.15, 0.2) is 313 Å². The molecule has 0 amide bonds. The Balaban J connectivity index is 0.000000333. The fourth-order valence-electron chi connectivity index (χ4n) is 31.8. The van der Waals surface area contributed by atoms with Gasteiger partial charge in [-0.2, -0.15) is 0 Å². The maximum atomic E-state index is 4.93. The summed E-state index contributed by atoms with van der Waals surface area (Å²) >= 11 is -3.30. The van der Waals surface area contributed by atoms with Crippen LogP contribution in [0.1, 0.15) is 253 Å². The van der Waals surface area contributed by atoms with Gasteiger partial charge in [0, 0.05) is 0 Å². The van der Waals surface area contributed by atoms with E-state index in [-0.39, 0.29) is 81.1 Å². The standard InChI is InChI=1S/C33H46.C33H44.C32H44.C32H42.8CH3.8ClH.4Zr/c2*1-6-7-10-23-20-24(27-12-9-8-11-26(23)27)14-17-30-31-19-22(2)13-16-28(31)29-18-15-25(21-32(29)30)33(3,4)5;2*1-6-9-22-19-23(26-11-8-7-10-25(22)26)13-16-29-30-18-21(2)12-15-27(30)28-17-14-24(20-31(28)29)32(3,4)5;;;;;;;;;;;;;;;;;;;;/h8-9,11-13,15-16,18-19,21,23-24,26-32H,6-7,10,14,17,20H2,1-5H3;6,8-9,11-13,15-16,18-19,21,23-24,26-32H,1,7,10,14,17,20H2,2-5H3;7-8,10-12,14-15,17-18,20,22-23,25-31H,6,9,13,16,19H2,1-5H3;6-8,10-12,14-15,17-18,20,22-23,25-31H,1,9,13,16,19H2,2-5H3;8*1H3;8*1H;;;;/q;;;;8*-1;;;;;;;;;4*+4/p-8. The molecule has 0 radical (unpaired) electrons. The molecule has 824 valence electrons. The van der Waals surface area contributed by atoms with Crippen molar-refractivity contribution in [2.45, 2.75) is 253 Å². The summed E-state index contributed by atoms with van der Waals surface area (Å²) in [5, 5.41) is 0. The summed E-state index contributed by atoms with van der Waals surface area (Å²) in [6.07, 6.45) is 132. The van der Waals surface area contributed by atoms with Gasteiger partial charge in [-0.15, -0.1) is 13.2 Å². The van der Waals surface area contributed by atoms with E-state index in [4.69, 9.17) is 68.1 Å². The summed E-state index contributed by atoms with van der Waals surface area (Å²) in [7, 11) is 39.5. The van der Waals surface area contributed by atoms with Crippen LogP contribution < -0.4 is 0 Å². The zero-order valence-electron chi connectivity index (χ0n) is 97.6. The predicted molar refractivity (Wildman–Crippen MR) is 659 cm³/mol. The molecule has 0 spiro atoms. The molecule has 0 nitrogen and oxygen atoms in total. The van der Waals surface area contributed by atoms with Crippen LogP contribution in [-0.2, 0) is 83.4 Å². The van der Waals surface area contributed by atoms with Crippen molar-refractivity contribution in [1.29, 1.82) is 0 Å². The monoisotopic (exact) mass is 2500 g/mol. The van der Waals surface area contributed by atoms with E-state index in [0.29, 0.717) is 82.9 Å². The van der Waals surface area contributed by atoms with E-state index >= 15 is 0 Å². The van der Waals surface area contributed by atoms with Crippen molar-refractivity contribution in [3.05, 3.63) is 372 Å². The maximum absolute atomic E-state index is 4.93. The first-order valence-corrected chi connectivity index (χ1v) is 81.0. The quantitative estimate of drug-likeness (QED) is 0.0749. The SMILES string of the molecule is C=CCC1CC(CCC2C3C=C(C)C=CC3C3C=CC(C(C)(C)C)=CC32)C2C=CC=CC12.C=CCCC1CC(CCC2C3C=C(C)C=CC3C3C=CC(C(C)(C)C)=CC32)C2C=CC=CC12.CCCC1CC(CCC2C3C=C(C)C=CC3C3C=CC(C(C)(C)C)=CC32)C2C=CC=CC12.CCCCC1CC(CCC2C3C=C(C)C=CC3C3C=CC(C(C)(C)C)=CC32)C2C=CC=CC12.[CH3-].[CH3-].[CH3-].[CH3-].[CH3-].[CH3-].[CH3-].[CH3-].[Cl][Zr+2][Cl].[Cl][Zr+2][Cl].[Cl][Zr+2][Cl].[Cl][Zr+2][Cl]. The molecule has 20 rings (SSSR count). The normalized spacial score (nSPS) is 36.1. The van der Waals surface area contributed by atoms with Gasteiger partial charge < -0.3 is 59.4 Å². The van der Waals surface area contributed by atoms with E-state index in [1.807, 2.05) is 0 Å².